The fourth-order valence-electron chi connectivity index (χ4n) is 5.66. The van der Waals surface area contributed by atoms with Gasteiger partial charge >= 0.3 is 0 Å². The number of aromatic nitrogens is 1. The van der Waals surface area contributed by atoms with Crippen molar-refractivity contribution in [2.75, 3.05) is 5.32 Å². The SMILES string of the molecule is O=C(Nc1cc(F)c(F)c(F)c1)c1ccc(Cl)c(S(=O)(=O)C2CC3CCC(C2)C3(O)c2ccc(F)cn2)c1. The molecule has 5 rings (SSSR count). The first-order valence-corrected chi connectivity index (χ1v) is 13.7. The molecule has 2 bridgehead atoms. The molecule has 12 heteroatoms. The Hall–Kier alpha value is -3.02. The third-order valence-electron chi connectivity index (χ3n) is 7.52. The molecule has 0 saturated heterocycles. The van der Waals surface area contributed by atoms with Crippen LogP contribution in [0.15, 0.2) is 53.6 Å². The van der Waals surface area contributed by atoms with Crippen LogP contribution >= 0.6 is 11.6 Å². The molecule has 2 aromatic carbocycles. The van der Waals surface area contributed by atoms with Gasteiger partial charge in [0.25, 0.3) is 5.91 Å². The number of halogens is 5. The van der Waals surface area contributed by atoms with E-state index < -0.39 is 61.7 Å². The van der Waals surface area contributed by atoms with Gasteiger partial charge in [-0.2, -0.15) is 0 Å². The zero-order valence-electron chi connectivity index (χ0n) is 19.6. The van der Waals surface area contributed by atoms with Crippen molar-refractivity contribution in [1.82, 2.24) is 4.98 Å². The van der Waals surface area contributed by atoms with Crippen molar-refractivity contribution in [2.24, 2.45) is 11.8 Å². The van der Waals surface area contributed by atoms with Crippen LogP contribution in [0.1, 0.15) is 41.7 Å². The quantitative estimate of drug-likeness (QED) is 0.318. The fraction of sp³-hybridized carbons (Fsp3) is 0.308. The van der Waals surface area contributed by atoms with Crippen molar-refractivity contribution < 1.29 is 35.9 Å². The number of rotatable bonds is 5. The number of hydrogen-bond donors (Lipinski definition) is 2. The Morgan fingerprint density at radius 2 is 1.63 bits per heavy atom. The van der Waals surface area contributed by atoms with Gasteiger partial charge in [-0.05, 0) is 67.9 Å². The Morgan fingerprint density at radius 3 is 2.21 bits per heavy atom. The molecule has 3 aromatic rings. The van der Waals surface area contributed by atoms with Crippen molar-refractivity contribution in [1.29, 1.82) is 0 Å². The number of aliphatic hydroxyl groups is 1. The Kier molecular flexibility index (Phi) is 6.73. The van der Waals surface area contributed by atoms with Gasteiger partial charge in [-0.15, -0.1) is 0 Å². The maximum Gasteiger partial charge on any atom is 0.255 e. The predicted molar refractivity (Wildman–Crippen MR) is 130 cm³/mol. The molecule has 2 aliphatic carbocycles. The minimum absolute atomic E-state index is 0.106. The van der Waals surface area contributed by atoms with Crippen molar-refractivity contribution in [3.05, 3.63) is 88.2 Å². The van der Waals surface area contributed by atoms with E-state index in [0.29, 0.717) is 30.7 Å². The van der Waals surface area contributed by atoms with Crippen LogP contribution in [0.2, 0.25) is 5.02 Å². The molecule has 0 spiro atoms. The van der Waals surface area contributed by atoms with Crippen LogP contribution in [-0.4, -0.2) is 29.7 Å². The number of carbonyl (C=O) groups is 1. The number of carbonyl (C=O) groups excluding carboxylic acids is 1. The average Bonchev–Trinajstić information content (AvgIpc) is 3.04. The smallest absolute Gasteiger partial charge is 0.255 e. The number of pyridine rings is 1. The summed E-state index contributed by atoms with van der Waals surface area (Å²) in [5.74, 6) is -6.99. The van der Waals surface area contributed by atoms with E-state index in [2.05, 4.69) is 10.3 Å². The molecule has 2 unspecified atom stereocenters. The normalized spacial score (nSPS) is 24.8. The van der Waals surface area contributed by atoms with Crippen LogP contribution in [0, 0.1) is 35.1 Å². The minimum Gasteiger partial charge on any atom is -0.383 e. The largest absolute Gasteiger partial charge is 0.383 e. The Labute approximate surface area is 220 Å². The number of hydrogen-bond acceptors (Lipinski definition) is 5. The highest BCUT2D eigenvalue weighted by molar-refractivity contribution is 7.92. The summed E-state index contributed by atoms with van der Waals surface area (Å²) in [6.07, 6.45) is 2.35. The molecule has 0 aliphatic heterocycles. The summed E-state index contributed by atoms with van der Waals surface area (Å²) < 4.78 is 81.0. The number of nitrogens with one attached hydrogen (secondary N) is 1. The van der Waals surface area contributed by atoms with E-state index in [9.17, 15) is 35.9 Å². The molecule has 2 atom stereocenters. The van der Waals surface area contributed by atoms with Gasteiger partial charge in [-0.25, -0.2) is 26.0 Å². The maximum absolute atomic E-state index is 13.7. The number of anilines is 1. The van der Waals surface area contributed by atoms with Crippen molar-refractivity contribution in [2.45, 2.75) is 41.4 Å². The molecule has 0 radical (unpaired) electrons. The van der Waals surface area contributed by atoms with Gasteiger partial charge < -0.3 is 10.4 Å². The lowest BCUT2D eigenvalue weighted by molar-refractivity contribution is -0.0682. The summed E-state index contributed by atoms with van der Waals surface area (Å²) >= 11 is 6.23. The van der Waals surface area contributed by atoms with Crippen molar-refractivity contribution >= 4 is 33.0 Å². The topological polar surface area (TPSA) is 96.4 Å². The molecular weight excluding hydrogens is 548 g/mol. The third kappa shape index (κ3) is 4.46. The number of amides is 1. The average molecular weight is 569 g/mol. The highest BCUT2D eigenvalue weighted by Gasteiger charge is 2.57. The summed E-state index contributed by atoms with van der Waals surface area (Å²) in [5.41, 5.74) is -1.59. The summed E-state index contributed by atoms with van der Waals surface area (Å²) in [6.45, 7) is 0. The first kappa shape index (κ1) is 26.6. The molecular formula is C26H21ClF4N2O4S. The molecule has 200 valence electrons. The second-order valence-corrected chi connectivity index (χ2v) is 12.3. The van der Waals surface area contributed by atoms with Crippen LogP contribution in [0.3, 0.4) is 0 Å². The van der Waals surface area contributed by atoms with Crippen LogP contribution in [-0.2, 0) is 15.4 Å². The summed E-state index contributed by atoms with van der Waals surface area (Å²) in [5, 5.41) is 12.7. The van der Waals surface area contributed by atoms with Crippen LogP contribution < -0.4 is 5.32 Å². The van der Waals surface area contributed by atoms with Crippen molar-refractivity contribution in [3.8, 4) is 0 Å². The fourth-order valence-corrected chi connectivity index (χ4v) is 8.06. The Morgan fingerprint density at radius 1 is 1.00 bits per heavy atom. The van der Waals surface area contributed by atoms with E-state index >= 15 is 0 Å². The third-order valence-corrected chi connectivity index (χ3v) is 10.2. The molecule has 6 nitrogen and oxygen atoms in total. The van der Waals surface area contributed by atoms with E-state index in [1.54, 1.807) is 0 Å². The summed E-state index contributed by atoms with van der Waals surface area (Å²) in [7, 11) is -4.08. The van der Waals surface area contributed by atoms with Crippen molar-refractivity contribution in [3.63, 3.8) is 0 Å². The minimum atomic E-state index is -4.08. The van der Waals surface area contributed by atoms with E-state index in [0.717, 1.165) is 12.3 Å². The van der Waals surface area contributed by atoms with Gasteiger partial charge in [-0.1, -0.05) is 11.6 Å². The lowest BCUT2D eigenvalue weighted by Crippen LogP contribution is -2.46. The van der Waals surface area contributed by atoms with Gasteiger partial charge in [0.2, 0.25) is 0 Å². The second kappa shape index (κ2) is 9.62. The lowest BCUT2D eigenvalue weighted by Gasteiger charge is -2.42. The van der Waals surface area contributed by atoms with E-state index in [1.807, 2.05) is 0 Å². The van der Waals surface area contributed by atoms with Crippen LogP contribution in [0.4, 0.5) is 23.2 Å². The number of fused-ring (bicyclic) bond motifs is 2. The molecule has 1 amide bonds. The molecule has 1 aromatic heterocycles. The molecule has 2 saturated carbocycles. The summed E-state index contributed by atoms with van der Waals surface area (Å²) in [4.78, 5) is 16.5. The Balaban J connectivity index is 1.40. The number of benzene rings is 2. The van der Waals surface area contributed by atoms with E-state index in [4.69, 9.17) is 11.6 Å². The van der Waals surface area contributed by atoms with Crippen LogP contribution in [0.25, 0.3) is 0 Å². The molecule has 38 heavy (non-hydrogen) atoms. The lowest BCUT2D eigenvalue weighted by atomic mass is 9.72. The van der Waals surface area contributed by atoms with Gasteiger partial charge in [0.15, 0.2) is 27.3 Å². The molecule has 2 fully saturated rings. The monoisotopic (exact) mass is 568 g/mol. The Bertz CT molecular complexity index is 1500. The van der Waals surface area contributed by atoms with Gasteiger partial charge in [0.05, 0.1) is 27.1 Å². The molecule has 1 heterocycles. The predicted octanol–water partition coefficient (Wildman–Crippen LogP) is 5.39. The standard InChI is InChI=1S/C26H21ClF4N2O4S/c27-19-5-1-13(25(34)33-17-10-20(29)24(31)21(30)11-17)7-22(19)38(36,37)18-8-14-2-3-15(9-18)26(14,35)23-6-4-16(28)12-32-23/h1,4-7,10-12,14-15,18,35H,2-3,8-9H2,(H,33,34). The number of nitrogens with zero attached hydrogens (tertiary/aromatic N) is 1. The second-order valence-electron chi connectivity index (χ2n) is 9.65. The van der Waals surface area contributed by atoms with Gasteiger partial charge in [0, 0.05) is 23.4 Å². The molecule has 2 N–H and O–H groups in total. The highest BCUT2D eigenvalue weighted by Crippen LogP contribution is 2.56. The first-order chi connectivity index (χ1) is 17.9. The zero-order chi connectivity index (χ0) is 27.4. The highest BCUT2D eigenvalue weighted by atomic mass is 35.5. The van der Waals surface area contributed by atoms with Gasteiger partial charge in [0.1, 0.15) is 11.4 Å². The zero-order valence-corrected chi connectivity index (χ0v) is 21.2. The number of sulfone groups is 1. The van der Waals surface area contributed by atoms with E-state index in [-0.39, 0.29) is 34.0 Å². The molecule has 2 aliphatic rings. The van der Waals surface area contributed by atoms with Gasteiger partial charge in [-0.3, -0.25) is 9.78 Å². The van der Waals surface area contributed by atoms with E-state index in [1.165, 1.54) is 24.3 Å². The maximum atomic E-state index is 13.7. The van der Waals surface area contributed by atoms with Crippen LogP contribution in [0.5, 0.6) is 0 Å². The summed E-state index contributed by atoms with van der Waals surface area (Å²) in [6, 6.07) is 7.35. The first-order valence-electron chi connectivity index (χ1n) is 11.7.